The lowest BCUT2D eigenvalue weighted by Crippen LogP contribution is -2.41. The highest BCUT2D eigenvalue weighted by molar-refractivity contribution is 5.74. The fraction of sp³-hybridized carbons (Fsp3) is 0.688. The molecule has 2 N–H and O–H groups in total. The van der Waals surface area contributed by atoms with Crippen LogP contribution >= 0.6 is 0 Å². The summed E-state index contributed by atoms with van der Waals surface area (Å²) in [5.74, 6) is -0.190. The van der Waals surface area contributed by atoms with Crippen molar-refractivity contribution in [3.63, 3.8) is 0 Å². The van der Waals surface area contributed by atoms with Crippen molar-refractivity contribution in [1.82, 2.24) is 20.6 Å². The van der Waals surface area contributed by atoms with Gasteiger partial charge in [0.15, 0.2) is 6.61 Å². The first-order valence-electron chi connectivity index (χ1n) is 8.29. The molecule has 1 aromatic rings. The van der Waals surface area contributed by atoms with Crippen molar-refractivity contribution in [3.8, 4) is 5.88 Å². The van der Waals surface area contributed by atoms with Gasteiger partial charge in [-0.25, -0.2) is 14.8 Å². The van der Waals surface area contributed by atoms with Crippen LogP contribution < -0.4 is 15.4 Å². The fourth-order valence-electron chi connectivity index (χ4n) is 2.13. The Morgan fingerprint density at radius 2 is 1.96 bits per heavy atom. The lowest BCUT2D eigenvalue weighted by molar-refractivity contribution is -0.154. The molecule has 1 aromatic heterocycles. The molecule has 25 heavy (non-hydrogen) atoms. The number of rotatable bonds is 9. The summed E-state index contributed by atoms with van der Waals surface area (Å²) >= 11 is 0. The Balaban J connectivity index is 2.50. The number of nitrogens with zero attached hydrogens (tertiary/aromatic N) is 2. The van der Waals surface area contributed by atoms with Gasteiger partial charge in [0.2, 0.25) is 5.88 Å². The largest absolute Gasteiger partial charge is 0.468 e. The Morgan fingerprint density at radius 3 is 2.60 bits per heavy atom. The number of aromatic nitrogens is 2. The number of carbonyl (C=O) groups excluding carboxylic acids is 1. The van der Waals surface area contributed by atoms with Crippen LogP contribution in [0.15, 0.2) is 12.4 Å². The molecule has 9 heteroatoms. The zero-order valence-corrected chi connectivity index (χ0v) is 14.7. The highest BCUT2D eigenvalue weighted by Crippen LogP contribution is 2.18. The maximum Gasteiger partial charge on any atom is 0.422 e. The van der Waals surface area contributed by atoms with Crippen molar-refractivity contribution in [2.24, 2.45) is 0 Å². The van der Waals surface area contributed by atoms with Crippen LogP contribution in [0.1, 0.15) is 58.2 Å². The van der Waals surface area contributed by atoms with E-state index in [4.69, 9.17) is 0 Å². The fourth-order valence-corrected chi connectivity index (χ4v) is 2.13. The Hall–Kier alpha value is -2.06. The monoisotopic (exact) mass is 362 g/mol. The molecule has 0 fully saturated rings. The number of unbranched alkanes of at least 4 members (excludes halogenated alkanes) is 2. The molecule has 0 radical (unpaired) electrons. The standard InChI is InChI=1S/C16H25F3N4O2/c1-4-5-6-7-11(2)22-15(24)23-12(3)13-8-14(21-10-20-13)25-9-16(17,18)19/h8,10-12H,4-7,9H2,1-3H3,(H2,22,23,24)/t11?,12-/m0/s1. The number of amides is 2. The maximum atomic E-state index is 12.2. The molecule has 142 valence electrons. The molecular weight excluding hydrogens is 337 g/mol. The topological polar surface area (TPSA) is 76.1 Å². The van der Waals surface area contributed by atoms with E-state index in [9.17, 15) is 18.0 Å². The molecule has 0 aliphatic rings. The van der Waals surface area contributed by atoms with Crippen LogP contribution in [0.4, 0.5) is 18.0 Å². The number of nitrogens with one attached hydrogen (secondary N) is 2. The summed E-state index contributed by atoms with van der Waals surface area (Å²) in [4.78, 5) is 19.6. The molecule has 2 atom stereocenters. The number of urea groups is 1. The van der Waals surface area contributed by atoms with Crippen LogP contribution in [-0.2, 0) is 0 Å². The number of ether oxygens (including phenoxy) is 1. The molecule has 1 rings (SSSR count). The molecule has 0 bridgehead atoms. The molecule has 6 nitrogen and oxygen atoms in total. The third-order valence-electron chi connectivity index (χ3n) is 3.46. The molecule has 0 saturated heterocycles. The van der Waals surface area contributed by atoms with Gasteiger partial charge in [-0.1, -0.05) is 26.2 Å². The van der Waals surface area contributed by atoms with E-state index < -0.39 is 18.8 Å². The van der Waals surface area contributed by atoms with Crippen LogP contribution in [0.25, 0.3) is 0 Å². The third kappa shape index (κ3) is 9.11. The highest BCUT2D eigenvalue weighted by atomic mass is 19.4. The summed E-state index contributed by atoms with van der Waals surface area (Å²) in [7, 11) is 0. The Morgan fingerprint density at radius 1 is 1.24 bits per heavy atom. The minimum absolute atomic E-state index is 0.0369. The zero-order valence-electron chi connectivity index (χ0n) is 14.7. The van der Waals surface area contributed by atoms with Crippen LogP contribution in [0, 0.1) is 0 Å². The third-order valence-corrected chi connectivity index (χ3v) is 3.46. The van der Waals surface area contributed by atoms with Gasteiger partial charge in [0.1, 0.15) is 6.33 Å². The van der Waals surface area contributed by atoms with Crippen molar-refractivity contribution >= 4 is 6.03 Å². The second-order valence-electron chi connectivity index (χ2n) is 5.92. The molecule has 2 amide bonds. The number of halogens is 3. The number of hydrogen-bond acceptors (Lipinski definition) is 4. The van der Waals surface area contributed by atoms with Gasteiger partial charge in [-0.05, 0) is 20.3 Å². The van der Waals surface area contributed by atoms with Crippen LogP contribution in [0.2, 0.25) is 0 Å². The first-order valence-corrected chi connectivity index (χ1v) is 8.29. The Labute approximate surface area is 145 Å². The SMILES string of the molecule is CCCCCC(C)NC(=O)N[C@@H](C)c1cc(OCC(F)(F)F)ncn1. The van der Waals surface area contributed by atoms with Crippen LogP contribution in [0.3, 0.4) is 0 Å². The van der Waals surface area contributed by atoms with Crippen LogP contribution in [0.5, 0.6) is 5.88 Å². The summed E-state index contributed by atoms with van der Waals surface area (Å²) in [6.45, 7) is 4.28. The minimum atomic E-state index is -4.44. The van der Waals surface area contributed by atoms with E-state index in [1.165, 1.54) is 6.07 Å². The lowest BCUT2D eigenvalue weighted by atomic mass is 10.1. The highest BCUT2D eigenvalue weighted by Gasteiger charge is 2.28. The van der Waals surface area contributed by atoms with E-state index in [0.717, 1.165) is 32.0 Å². The second kappa shape index (κ2) is 10.0. The van der Waals surface area contributed by atoms with E-state index in [1.807, 2.05) is 6.92 Å². The average molecular weight is 362 g/mol. The van der Waals surface area contributed by atoms with Gasteiger partial charge >= 0.3 is 12.2 Å². The number of hydrogen-bond donors (Lipinski definition) is 2. The van der Waals surface area contributed by atoms with Gasteiger partial charge in [-0.2, -0.15) is 13.2 Å². The van der Waals surface area contributed by atoms with Crippen molar-refractivity contribution < 1.29 is 22.7 Å². The van der Waals surface area contributed by atoms with E-state index >= 15 is 0 Å². The Kier molecular flexibility index (Phi) is 8.44. The van der Waals surface area contributed by atoms with Crippen molar-refractivity contribution in [2.75, 3.05) is 6.61 Å². The summed E-state index contributed by atoms with van der Waals surface area (Å²) in [6.07, 6.45) is 0.819. The van der Waals surface area contributed by atoms with E-state index in [1.54, 1.807) is 6.92 Å². The van der Waals surface area contributed by atoms with Gasteiger partial charge in [-0.3, -0.25) is 0 Å². The second-order valence-corrected chi connectivity index (χ2v) is 5.92. The van der Waals surface area contributed by atoms with E-state index in [2.05, 4.69) is 32.3 Å². The molecule has 0 aliphatic carbocycles. The molecular formula is C16H25F3N4O2. The van der Waals surface area contributed by atoms with Gasteiger partial charge in [-0.15, -0.1) is 0 Å². The summed E-state index contributed by atoms with van der Waals surface area (Å²) in [6, 6.07) is 0.461. The lowest BCUT2D eigenvalue weighted by Gasteiger charge is -2.18. The minimum Gasteiger partial charge on any atom is -0.468 e. The van der Waals surface area contributed by atoms with Crippen molar-refractivity contribution in [3.05, 3.63) is 18.1 Å². The van der Waals surface area contributed by atoms with Gasteiger partial charge in [0, 0.05) is 12.1 Å². The van der Waals surface area contributed by atoms with Gasteiger partial charge in [0.05, 0.1) is 11.7 Å². The van der Waals surface area contributed by atoms with Gasteiger partial charge in [0.25, 0.3) is 0 Å². The summed E-state index contributed by atoms with van der Waals surface area (Å²) < 4.78 is 41.1. The smallest absolute Gasteiger partial charge is 0.422 e. The predicted octanol–water partition coefficient (Wildman–Crippen LogP) is 3.75. The van der Waals surface area contributed by atoms with E-state index in [0.29, 0.717) is 5.69 Å². The predicted molar refractivity (Wildman–Crippen MR) is 87.3 cm³/mol. The quantitative estimate of drug-likeness (QED) is 0.656. The van der Waals surface area contributed by atoms with Gasteiger partial charge < -0.3 is 15.4 Å². The van der Waals surface area contributed by atoms with Crippen molar-refractivity contribution in [1.29, 1.82) is 0 Å². The first kappa shape index (κ1) is 21.0. The van der Waals surface area contributed by atoms with Crippen LogP contribution in [-0.4, -0.2) is 34.8 Å². The summed E-state index contributed by atoms with van der Waals surface area (Å²) in [5, 5.41) is 5.52. The first-order chi connectivity index (χ1) is 11.7. The molecule has 1 heterocycles. The number of carbonyl (C=O) groups is 1. The molecule has 1 unspecified atom stereocenters. The van der Waals surface area contributed by atoms with Crippen molar-refractivity contribution in [2.45, 2.75) is 64.7 Å². The van der Waals surface area contributed by atoms with E-state index in [-0.39, 0.29) is 18.0 Å². The zero-order chi connectivity index (χ0) is 18.9. The maximum absolute atomic E-state index is 12.2. The number of alkyl halides is 3. The normalized spacial score (nSPS) is 13.8. The summed E-state index contributed by atoms with van der Waals surface area (Å²) in [5.41, 5.74) is 0.362. The molecule has 0 aliphatic heterocycles. The molecule has 0 aromatic carbocycles. The Bertz CT molecular complexity index is 540. The molecule has 0 spiro atoms. The molecule has 0 saturated carbocycles. The average Bonchev–Trinajstić information content (AvgIpc) is 2.52.